The molecule has 0 unspecified atom stereocenters. The average Bonchev–Trinajstić information content (AvgIpc) is 3.14. The van der Waals surface area contributed by atoms with Gasteiger partial charge in [0.05, 0.1) is 5.69 Å². The van der Waals surface area contributed by atoms with E-state index in [-0.39, 0.29) is 0 Å². The molecular formula is C17H29N3O. The number of ether oxygens (including phenoxy) is 1. The Balaban J connectivity index is 1.70. The highest BCUT2D eigenvalue weighted by atomic mass is 16.5. The number of unbranched alkanes of at least 4 members (excludes halogenated alkanes) is 2. The first kappa shape index (κ1) is 15.0. The number of methoxy groups -OCH3 is 1. The average molecular weight is 291 g/mol. The van der Waals surface area contributed by atoms with Gasteiger partial charge in [0.25, 0.3) is 0 Å². The second-order valence-electron chi connectivity index (χ2n) is 6.48. The highest BCUT2D eigenvalue weighted by Crippen LogP contribution is 2.35. The van der Waals surface area contributed by atoms with Gasteiger partial charge in [-0.25, -0.2) is 4.98 Å². The Labute approximate surface area is 128 Å². The second kappa shape index (κ2) is 7.41. The number of fused-ring (bicyclic) bond motifs is 1. The summed E-state index contributed by atoms with van der Waals surface area (Å²) in [6.07, 6.45) is 10.3. The number of imidazole rings is 1. The largest absolute Gasteiger partial charge is 0.385 e. The Morgan fingerprint density at radius 1 is 1.24 bits per heavy atom. The van der Waals surface area contributed by atoms with Crippen LogP contribution < -0.4 is 5.32 Å². The van der Waals surface area contributed by atoms with Crippen molar-refractivity contribution in [1.82, 2.24) is 14.9 Å². The molecule has 0 radical (unpaired) electrons. The lowest BCUT2D eigenvalue weighted by atomic mass is 10.1. The van der Waals surface area contributed by atoms with Gasteiger partial charge in [-0.2, -0.15) is 0 Å². The highest BCUT2D eigenvalue weighted by Gasteiger charge is 2.26. The van der Waals surface area contributed by atoms with Crippen LogP contribution in [0.3, 0.4) is 0 Å². The molecule has 4 heteroatoms. The maximum absolute atomic E-state index is 5.15. The minimum Gasteiger partial charge on any atom is -0.385 e. The molecule has 1 fully saturated rings. The number of rotatable bonds is 7. The minimum absolute atomic E-state index is 0.717. The fourth-order valence-corrected chi connectivity index (χ4v) is 3.83. The van der Waals surface area contributed by atoms with E-state index >= 15 is 0 Å². The molecule has 0 bridgehead atoms. The molecule has 0 spiro atoms. The maximum Gasteiger partial charge on any atom is 0.112 e. The molecule has 2 aliphatic rings. The van der Waals surface area contributed by atoms with Crippen molar-refractivity contribution < 1.29 is 4.74 Å². The van der Waals surface area contributed by atoms with E-state index in [2.05, 4.69) is 9.88 Å². The van der Waals surface area contributed by atoms with E-state index in [1.54, 1.807) is 7.11 Å². The van der Waals surface area contributed by atoms with Crippen LogP contribution in [0, 0.1) is 0 Å². The quantitative estimate of drug-likeness (QED) is 0.785. The van der Waals surface area contributed by atoms with Gasteiger partial charge in [-0.05, 0) is 32.1 Å². The van der Waals surface area contributed by atoms with Gasteiger partial charge in [0.1, 0.15) is 5.82 Å². The predicted octanol–water partition coefficient (Wildman–Crippen LogP) is 3.00. The Kier molecular flexibility index (Phi) is 5.31. The van der Waals surface area contributed by atoms with Gasteiger partial charge in [-0.3, -0.25) is 0 Å². The van der Waals surface area contributed by atoms with Crippen LogP contribution in [0.5, 0.6) is 0 Å². The molecule has 21 heavy (non-hydrogen) atoms. The Hall–Kier alpha value is -0.870. The summed E-state index contributed by atoms with van der Waals surface area (Å²) in [6, 6.07) is 0. The van der Waals surface area contributed by atoms with Crippen LogP contribution in [0.4, 0.5) is 0 Å². The third-order valence-corrected chi connectivity index (χ3v) is 4.97. The third kappa shape index (κ3) is 3.49. The van der Waals surface area contributed by atoms with Gasteiger partial charge in [0.15, 0.2) is 0 Å². The first-order valence-electron chi connectivity index (χ1n) is 8.68. The van der Waals surface area contributed by atoms with E-state index < -0.39 is 0 Å². The summed E-state index contributed by atoms with van der Waals surface area (Å²) in [6.45, 7) is 4.11. The lowest BCUT2D eigenvalue weighted by Crippen LogP contribution is -2.25. The van der Waals surface area contributed by atoms with Crippen molar-refractivity contribution in [3.05, 3.63) is 17.2 Å². The van der Waals surface area contributed by atoms with Crippen molar-refractivity contribution in [2.75, 3.05) is 20.3 Å². The summed E-state index contributed by atoms with van der Waals surface area (Å²) in [5.74, 6) is 2.11. The summed E-state index contributed by atoms with van der Waals surface area (Å²) in [5, 5.41) is 3.46. The van der Waals surface area contributed by atoms with Crippen molar-refractivity contribution in [2.24, 2.45) is 0 Å². The molecule has 3 rings (SSSR count). The smallest absolute Gasteiger partial charge is 0.112 e. The Morgan fingerprint density at radius 3 is 2.90 bits per heavy atom. The molecular weight excluding hydrogens is 262 g/mol. The zero-order valence-corrected chi connectivity index (χ0v) is 13.4. The first-order valence-corrected chi connectivity index (χ1v) is 8.68. The molecule has 1 aromatic rings. The second-order valence-corrected chi connectivity index (χ2v) is 6.48. The van der Waals surface area contributed by atoms with Crippen LogP contribution in [0.25, 0.3) is 0 Å². The van der Waals surface area contributed by atoms with Gasteiger partial charge in [0, 0.05) is 51.4 Å². The molecule has 0 aromatic carbocycles. The molecule has 0 saturated heterocycles. The van der Waals surface area contributed by atoms with Gasteiger partial charge in [-0.15, -0.1) is 0 Å². The lowest BCUT2D eigenvalue weighted by Gasteiger charge is -2.18. The van der Waals surface area contributed by atoms with Gasteiger partial charge in [-0.1, -0.05) is 12.8 Å². The maximum atomic E-state index is 5.15. The van der Waals surface area contributed by atoms with Crippen molar-refractivity contribution in [2.45, 2.75) is 70.4 Å². The zero-order chi connectivity index (χ0) is 14.5. The van der Waals surface area contributed by atoms with E-state index in [1.165, 1.54) is 62.2 Å². The molecule has 4 nitrogen and oxygen atoms in total. The Bertz CT molecular complexity index is 449. The van der Waals surface area contributed by atoms with E-state index in [0.717, 1.165) is 38.6 Å². The monoisotopic (exact) mass is 291 g/mol. The standard InChI is InChI=1S/C17H29N3O/c1-21-12-6-2-5-11-20-16-9-10-18-13-15(16)19-17(20)14-7-3-4-8-14/h14,18H,2-13H2,1H3. The molecule has 2 heterocycles. The first-order chi connectivity index (χ1) is 10.4. The van der Waals surface area contributed by atoms with Gasteiger partial charge in [0.2, 0.25) is 0 Å². The summed E-state index contributed by atoms with van der Waals surface area (Å²) in [5.41, 5.74) is 2.84. The highest BCUT2D eigenvalue weighted by molar-refractivity contribution is 5.22. The zero-order valence-electron chi connectivity index (χ0n) is 13.4. The normalized spacial score (nSPS) is 19.1. The summed E-state index contributed by atoms with van der Waals surface area (Å²) in [4.78, 5) is 5.02. The van der Waals surface area contributed by atoms with Crippen LogP contribution >= 0.6 is 0 Å². The molecule has 1 saturated carbocycles. The van der Waals surface area contributed by atoms with E-state index in [9.17, 15) is 0 Å². The molecule has 1 aliphatic carbocycles. The van der Waals surface area contributed by atoms with Gasteiger partial charge >= 0.3 is 0 Å². The Morgan fingerprint density at radius 2 is 2.10 bits per heavy atom. The number of hydrogen-bond donors (Lipinski definition) is 1. The summed E-state index contributed by atoms with van der Waals surface area (Å²) in [7, 11) is 1.79. The molecule has 1 N–H and O–H groups in total. The molecule has 0 amide bonds. The van der Waals surface area contributed by atoms with Gasteiger partial charge < -0.3 is 14.6 Å². The van der Waals surface area contributed by atoms with Crippen molar-refractivity contribution >= 4 is 0 Å². The van der Waals surface area contributed by atoms with Crippen LogP contribution in [0.1, 0.15) is 68.1 Å². The molecule has 118 valence electrons. The summed E-state index contributed by atoms with van der Waals surface area (Å²) >= 11 is 0. The number of hydrogen-bond acceptors (Lipinski definition) is 3. The SMILES string of the molecule is COCCCCCn1c(C2CCCC2)nc2c1CCNC2. The van der Waals surface area contributed by atoms with E-state index in [1.807, 2.05) is 0 Å². The minimum atomic E-state index is 0.717. The topological polar surface area (TPSA) is 39.1 Å². The van der Waals surface area contributed by atoms with E-state index in [0.29, 0.717) is 0 Å². The van der Waals surface area contributed by atoms with E-state index in [4.69, 9.17) is 9.72 Å². The van der Waals surface area contributed by atoms with Crippen LogP contribution in [-0.2, 0) is 24.2 Å². The molecule has 1 aromatic heterocycles. The fourth-order valence-electron chi connectivity index (χ4n) is 3.83. The predicted molar refractivity (Wildman–Crippen MR) is 84.6 cm³/mol. The number of aromatic nitrogens is 2. The fraction of sp³-hybridized carbons (Fsp3) is 0.824. The van der Waals surface area contributed by atoms with Crippen molar-refractivity contribution in [3.8, 4) is 0 Å². The van der Waals surface area contributed by atoms with Crippen LogP contribution in [-0.4, -0.2) is 29.8 Å². The third-order valence-electron chi connectivity index (χ3n) is 4.97. The van der Waals surface area contributed by atoms with Crippen LogP contribution in [0.2, 0.25) is 0 Å². The molecule has 1 aliphatic heterocycles. The summed E-state index contributed by atoms with van der Waals surface area (Å²) < 4.78 is 7.73. The van der Waals surface area contributed by atoms with Crippen molar-refractivity contribution in [3.63, 3.8) is 0 Å². The van der Waals surface area contributed by atoms with Crippen LogP contribution in [0.15, 0.2) is 0 Å². The molecule has 0 atom stereocenters. The lowest BCUT2D eigenvalue weighted by molar-refractivity contribution is 0.191. The number of nitrogens with one attached hydrogen (secondary N) is 1. The van der Waals surface area contributed by atoms with Crippen molar-refractivity contribution in [1.29, 1.82) is 0 Å². The number of nitrogens with zero attached hydrogens (tertiary/aromatic N) is 2.